The van der Waals surface area contributed by atoms with E-state index in [0.29, 0.717) is 11.0 Å². The van der Waals surface area contributed by atoms with Crippen molar-refractivity contribution in [3.63, 3.8) is 0 Å². The lowest BCUT2D eigenvalue weighted by Gasteiger charge is -2.35. The summed E-state index contributed by atoms with van der Waals surface area (Å²) in [5.74, 6) is -2.18. The normalized spacial score (nSPS) is 20.2. The summed E-state index contributed by atoms with van der Waals surface area (Å²) in [6, 6.07) is -0.230. The Morgan fingerprint density at radius 1 is 1.36 bits per heavy atom. The molecule has 1 aliphatic carbocycles. The van der Waals surface area contributed by atoms with Gasteiger partial charge in [-0.1, -0.05) is 11.6 Å². The quantitative estimate of drug-likeness (QED) is 0.830. The number of aromatic nitrogens is 2. The van der Waals surface area contributed by atoms with E-state index in [1.54, 1.807) is 0 Å². The fourth-order valence-corrected chi connectivity index (χ4v) is 1.43. The summed E-state index contributed by atoms with van der Waals surface area (Å²) in [5, 5.41) is 3.23. The van der Waals surface area contributed by atoms with Crippen molar-refractivity contribution in [2.45, 2.75) is 24.8 Å². The zero-order valence-electron chi connectivity index (χ0n) is 7.17. The van der Waals surface area contributed by atoms with E-state index >= 15 is 0 Å². The van der Waals surface area contributed by atoms with Crippen molar-refractivity contribution in [3.8, 4) is 0 Å². The molecule has 1 aliphatic rings. The number of rotatable bonds is 2. The molecular weight excluding hydrogens is 212 g/mol. The van der Waals surface area contributed by atoms with Crippen LogP contribution in [-0.2, 0) is 0 Å². The van der Waals surface area contributed by atoms with Crippen molar-refractivity contribution in [1.82, 2.24) is 9.97 Å². The molecule has 2 rings (SSSR count). The molecular formula is C8H8ClF2N3. The van der Waals surface area contributed by atoms with E-state index in [-0.39, 0.29) is 18.9 Å². The van der Waals surface area contributed by atoms with Gasteiger partial charge in [0.1, 0.15) is 0 Å². The fourth-order valence-electron chi connectivity index (χ4n) is 1.33. The Hall–Kier alpha value is -0.970. The third kappa shape index (κ3) is 2.09. The van der Waals surface area contributed by atoms with Crippen LogP contribution < -0.4 is 5.32 Å². The second kappa shape index (κ2) is 3.31. The van der Waals surface area contributed by atoms with Crippen LogP contribution in [-0.4, -0.2) is 21.9 Å². The highest BCUT2D eigenvalue weighted by Crippen LogP contribution is 2.38. The maximum Gasteiger partial charge on any atom is 0.252 e. The largest absolute Gasteiger partial charge is 0.351 e. The SMILES string of the molecule is FC1(F)CC(Nc2ncc(Cl)cn2)C1. The van der Waals surface area contributed by atoms with E-state index in [9.17, 15) is 8.78 Å². The molecule has 0 bridgehead atoms. The molecule has 0 unspecified atom stereocenters. The van der Waals surface area contributed by atoms with Crippen LogP contribution in [0.25, 0.3) is 0 Å². The average molecular weight is 220 g/mol. The number of nitrogens with zero attached hydrogens (tertiary/aromatic N) is 2. The summed E-state index contributed by atoms with van der Waals surface area (Å²) >= 11 is 5.57. The van der Waals surface area contributed by atoms with E-state index in [4.69, 9.17) is 11.6 Å². The molecule has 0 radical (unpaired) electrons. The summed E-state index contributed by atoms with van der Waals surface area (Å²) in [7, 11) is 0. The molecule has 0 saturated heterocycles. The minimum Gasteiger partial charge on any atom is -0.351 e. The lowest BCUT2D eigenvalue weighted by Crippen LogP contribution is -2.44. The molecule has 76 valence electrons. The Labute approximate surface area is 84.5 Å². The number of hydrogen-bond donors (Lipinski definition) is 1. The van der Waals surface area contributed by atoms with E-state index in [1.807, 2.05) is 0 Å². The molecule has 0 aromatic carbocycles. The molecule has 0 spiro atoms. The average Bonchev–Trinajstić information content (AvgIpc) is 2.06. The van der Waals surface area contributed by atoms with Crippen molar-refractivity contribution in [2.24, 2.45) is 0 Å². The van der Waals surface area contributed by atoms with Gasteiger partial charge in [0.15, 0.2) is 0 Å². The topological polar surface area (TPSA) is 37.8 Å². The third-order valence-electron chi connectivity index (χ3n) is 2.04. The van der Waals surface area contributed by atoms with Gasteiger partial charge in [0.05, 0.1) is 17.4 Å². The van der Waals surface area contributed by atoms with Crippen LogP contribution in [0.5, 0.6) is 0 Å². The zero-order valence-corrected chi connectivity index (χ0v) is 7.93. The number of nitrogens with one attached hydrogen (secondary N) is 1. The number of alkyl halides is 2. The lowest BCUT2D eigenvalue weighted by atomic mass is 9.88. The standard InChI is InChI=1S/C8H8ClF2N3/c9-5-3-12-7(13-4-5)14-6-1-8(10,11)2-6/h3-4,6H,1-2H2,(H,12,13,14). The molecule has 0 amide bonds. The first-order valence-electron chi connectivity index (χ1n) is 4.17. The van der Waals surface area contributed by atoms with Gasteiger partial charge in [0.25, 0.3) is 5.92 Å². The number of halogens is 3. The van der Waals surface area contributed by atoms with Crippen LogP contribution >= 0.6 is 11.6 Å². The van der Waals surface area contributed by atoms with E-state index in [0.717, 1.165) is 0 Å². The zero-order chi connectivity index (χ0) is 10.2. The molecule has 3 nitrogen and oxygen atoms in total. The van der Waals surface area contributed by atoms with Gasteiger partial charge in [-0.25, -0.2) is 18.7 Å². The van der Waals surface area contributed by atoms with E-state index in [2.05, 4.69) is 15.3 Å². The van der Waals surface area contributed by atoms with Gasteiger partial charge < -0.3 is 5.32 Å². The summed E-state index contributed by atoms with van der Waals surface area (Å²) in [4.78, 5) is 7.70. The second-order valence-electron chi connectivity index (χ2n) is 3.33. The van der Waals surface area contributed by atoms with Gasteiger partial charge in [-0.15, -0.1) is 0 Å². The summed E-state index contributed by atoms with van der Waals surface area (Å²) in [5.41, 5.74) is 0. The molecule has 1 fully saturated rings. The first-order chi connectivity index (χ1) is 6.55. The highest BCUT2D eigenvalue weighted by Gasteiger charge is 2.45. The Morgan fingerprint density at radius 2 is 1.93 bits per heavy atom. The molecule has 1 heterocycles. The fraction of sp³-hybridized carbons (Fsp3) is 0.500. The molecule has 1 aromatic rings. The van der Waals surface area contributed by atoms with Crippen LogP contribution in [0.3, 0.4) is 0 Å². The number of hydrogen-bond acceptors (Lipinski definition) is 3. The second-order valence-corrected chi connectivity index (χ2v) is 3.77. The first kappa shape index (κ1) is 9.58. The molecule has 0 aliphatic heterocycles. The predicted molar refractivity (Wildman–Crippen MR) is 48.6 cm³/mol. The van der Waals surface area contributed by atoms with Crippen molar-refractivity contribution in [2.75, 3.05) is 5.32 Å². The van der Waals surface area contributed by atoms with E-state index in [1.165, 1.54) is 12.4 Å². The third-order valence-corrected chi connectivity index (χ3v) is 2.24. The van der Waals surface area contributed by atoms with Gasteiger partial charge in [-0.05, 0) is 0 Å². The van der Waals surface area contributed by atoms with Crippen LogP contribution in [0.2, 0.25) is 5.02 Å². The Bertz CT molecular complexity index is 320. The molecule has 14 heavy (non-hydrogen) atoms. The van der Waals surface area contributed by atoms with Gasteiger partial charge in [0, 0.05) is 18.9 Å². The summed E-state index contributed by atoms with van der Waals surface area (Å²) in [6.45, 7) is 0. The van der Waals surface area contributed by atoms with Crippen molar-refractivity contribution in [1.29, 1.82) is 0 Å². The molecule has 6 heteroatoms. The van der Waals surface area contributed by atoms with Gasteiger partial charge in [-0.2, -0.15) is 0 Å². The molecule has 1 aromatic heterocycles. The Morgan fingerprint density at radius 3 is 2.43 bits per heavy atom. The summed E-state index contributed by atoms with van der Waals surface area (Å²) in [6.07, 6.45) is 2.54. The van der Waals surface area contributed by atoms with Crippen LogP contribution in [0, 0.1) is 0 Å². The van der Waals surface area contributed by atoms with Crippen molar-refractivity contribution < 1.29 is 8.78 Å². The van der Waals surface area contributed by atoms with Crippen LogP contribution in [0.1, 0.15) is 12.8 Å². The maximum atomic E-state index is 12.5. The van der Waals surface area contributed by atoms with E-state index < -0.39 is 5.92 Å². The highest BCUT2D eigenvalue weighted by atomic mass is 35.5. The lowest BCUT2D eigenvalue weighted by molar-refractivity contribution is -0.0794. The summed E-state index contributed by atoms with van der Waals surface area (Å²) < 4.78 is 24.9. The van der Waals surface area contributed by atoms with Crippen molar-refractivity contribution in [3.05, 3.63) is 17.4 Å². The smallest absolute Gasteiger partial charge is 0.252 e. The van der Waals surface area contributed by atoms with Gasteiger partial charge in [-0.3, -0.25) is 0 Å². The number of anilines is 1. The molecule has 1 saturated carbocycles. The van der Waals surface area contributed by atoms with Gasteiger partial charge in [0.2, 0.25) is 5.95 Å². The minimum atomic E-state index is -2.52. The van der Waals surface area contributed by atoms with Crippen LogP contribution in [0.15, 0.2) is 12.4 Å². The van der Waals surface area contributed by atoms with Crippen molar-refractivity contribution >= 4 is 17.5 Å². The predicted octanol–water partition coefficient (Wildman–Crippen LogP) is 2.34. The molecule has 1 N–H and O–H groups in total. The Kier molecular flexibility index (Phi) is 2.26. The first-order valence-corrected chi connectivity index (χ1v) is 4.55. The molecule has 0 atom stereocenters. The monoisotopic (exact) mass is 219 g/mol. The van der Waals surface area contributed by atoms with Gasteiger partial charge >= 0.3 is 0 Å². The highest BCUT2D eigenvalue weighted by molar-refractivity contribution is 6.30. The minimum absolute atomic E-state index is 0.154. The Balaban J connectivity index is 1.90. The maximum absolute atomic E-state index is 12.5. The van der Waals surface area contributed by atoms with Crippen LogP contribution in [0.4, 0.5) is 14.7 Å².